The molecule has 0 unspecified atom stereocenters. The van der Waals surface area contributed by atoms with Crippen molar-refractivity contribution in [1.29, 1.82) is 0 Å². The molecule has 8 nitrogen and oxygen atoms in total. The third-order valence-corrected chi connectivity index (χ3v) is 4.13. The minimum Gasteiger partial charge on any atom is -0.376 e. The predicted molar refractivity (Wildman–Crippen MR) is 98.2 cm³/mol. The molecule has 2 N–H and O–H groups in total. The number of hydrogen-bond acceptors (Lipinski definition) is 5. The standard InChI is InChI=1S/C18H18N4O4/c1-12-9-17(23)20-15-7-2-3-8-16(15)21(12)18(24)11-19-13-5-4-6-14(10-13)22(25)26/h2-8,10,12,19H,9,11H2,1H3,(H,20,23)/t12-/m1/s1. The third-order valence-electron chi connectivity index (χ3n) is 4.13. The van der Waals surface area contributed by atoms with Gasteiger partial charge >= 0.3 is 0 Å². The van der Waals surface area contributed by atoms with E-state index in [2.05, 4.69) is 10.6 Å². The van der Waals surface area contributed by atoms with Gasteiger partial charge in [0.15, 0.2) is 0 Å². The van der Waals surface area contributed by atoms with Crippen molar-refractivity contribution < 1.29 is 14.5 Å². The number of nitrogens with zero attached hydrogens (tertiary/aromatic N) is 2. The molecule has 2 aromatic carbocycles. The Balaban J connectivity index is 1.79. The van der Waals surface area contributed by atoms with Gasteiger partial charge < -0.3 is 15.5 Å². The monoisotopic (exact) mass is 354 g/mol. The topological polar surface area (TPSA) is 105 Å². The Hall–Kier alpha value is -3.42. The Morgan fingerprint density at radius 1 is 1.31 bits per heavy atom. The minimum absolute atomic E-state index is 0.0476. The summed E-state index contributed by atoms with van der Waals surface area (Å²) < 4.78 is 0. The molecular weight excluding hydrogens is 336 g/mol. The number of carbonyl (C=O) groups is 2. The molecule has 0 saturated heterocycles. The molecule has 0 saturated carbocycles. The smallest absolute Gasteiger partial charge is 0.271 e. The largest absolute Gasteiger partial charge is 0.376 e. The van der Waals surface area contributed by atoms with E-state index in [1.54, 1.807) is 41.3 Å². The summed E-state index contributed by atoms with van der Waals surface area (Å²) in [6.45, 7) is 1.76. The molecule has 26 heavy (non-hydrogen) atoms. The summed E-state index contributed by atoms with van der Waals surface area (Å²) in [5, 5.41) is 16.6. The fourth-order valence-electron chi connectivity index (χ4n) is 2.96. The van der Waals surface area contributed by atoms with Gasteiger partial charge in [0.25, 0.3) is 5.69 Å². The summed E-state index contributed by atoms with van der Waals surface area (Å²) in [5.41, 5.74) is 1.66. The van der Waals surface area contributed by atoms with Gasteiger partial charge in [-0.2, -0.15) is 0 Å². The van der Waals surface area contributed by atoms with E-state index in [1.165, 1.54) is 12.1 Å². The third kappa shape index (κ3) is 3.64. The highest BCUT2D eigenvalue weighted by atomic mass is 16.6. The zero-order valence-corrected chi connectivity index (χ0v) is 14.1. The van der Waals surface area contributed by atoms with Crippen molar-refractivity contribution in [1.82, 2.24) is 0 Å². The van der Waals surface area contributed by atoms with E-state index in [1.807, 2.05) is 6.92 Å². The van der Waals surface area contributed by atoms with Gasteiger partial charge in [0.05, 0.1) is 22.8 Å². The van der Waals surface area contributed by atoms with Gasteiger partial charge in [-0.15, -0.1) is 0 Å². The highest BCUT2D eigenvalue weighted by molar-refractivity contribution is 6.05. The first-order valence-corrected chi connectivity index (χ1v) is 8.15. The molecule has 1 atom stereocenters. The number of anilines is 3. The Bertz CT molecular complexity index is 868. The summed E-state index contributed by atoms with van der Waals surface area (Å²) in [5.74, 6) is -0.375. The molecule has 1 aliphatic heterocycles. The molecule has 134 valence electrons. The number of nitrogens with one attached hydrogen (secondary N) is 2. The summed E-state index contributed by atoms with van der Waals surface area (Å²) >= 11 is 0. The van der Waals surface area contributed by atoms with Crippen LogP contribution in [0.1, 0.15) is 13.3 Å². The zero-order valence-electron chi connectivity index (χ0n) is 14.1. The van der Waals surface area contributed by atoms with Crippen molar-refractivity contribution in [3.8, 4) is 0 Å². The number of hydrogen-bond donors (Lipinski definition) is 2. The molecule has 2 amide bonds. The molecule has 8 heteroatoms. The van der Waals surface area contributed by atoms with Crippen LogP contribution in [0.2, 0.25) is 0 Å². The van der Waals surface area contributed by atoms with E-state index >= 15 is 0 Å². The normalized spacial score (nSPS) is 16.3. The van der Waals surface area contributed by atoms with E-state index in [9.17, 15) is 19.7 Å². The number of carbonyl (C=O) groups excluding carboxylic acids is 2. The summed E-state index contributed by atoms with van der Waals surface area (Å²) in [6.07, 6.45) is 0.192. The Kier molecular flexibility index (Phi) is 4.83. The van der Waals surface area contributed by atoms with Crippen LogP contribution in [0, 0.1) is 10.1 Å². The first-order chi connectivity index (χ1) is 12.5. The van der Waals surface area contributed by atoms with Crippen LogP contribution in [-0.4, -0.2) is 29.3 Å². The van der Waals surface area contributed by atoms with Gasteiger partial charge in [0, 0.05) is 30.3 Å². The number of nitro benzene ring substituents is 1. The Morgan fingerprint density at radius 3 is 2.85 bits per heavy atom. The van der Waals surface area contributed by atoms with Crippen LogP contribution in [0.15, 0.2) is 48.5 Å². The van der Waals surface area contributed by atoms with E-state index in [0.29, 0.717) is 17.1 Å². The van der Waals surface area contributed by atoms with Gasteiger partial charge in [0.2, 0.25) is 11.8 Å². The van der Waals surface area contributed by atoms with Crippen molar-refractivity contribution >= 4 is 34.6 Å². The van der Waals surface area contributed by atoms with Gasteiger partial charge in [-0.05, 0) is 25.1 Å². The SMILES string of the molecule is C[C@@H]1CC(=O)Nc2ccccc2N1C(=O)CNc1cccc([N+](=O)[O-])c1. The second kappa shape index (κ2) is 7.22. The second-order valence-corrected chi connectivity index (χ2v) is 6.04. The van der Waals surface area contributed by atoms with Crippen molar-refractivity contribution in [2.75, 3.05) is 22.1 Å². The first-order valence-electron chi connectivity index (χ1n) is 8.15. The number of para-hydroxylation sites is 2. The molecule has 1 heterocycles. The lowest BCUT2D eigenvalue weighted by atomic mass is 10.1. The average Bonchev–Trinajstić information content (AvgIpc) is 2.74. The Morgan fingerprint density at radius 2 is 2.08 bits per heavy atom. The van der Waals surface area contributed by atoms with Crippen LogP contribution in [0.4, 0.5) is 22.7 Å². The van der Waals surface area contributed by atoms with Crippen molar-refractivity contribution in [2.45, 2.75) is 19.4 Å². The maximum atomic E-state index is 12.8. The zero-order chi connectivity index (χ0) is 18.7. The van der Waals surface area contributed by atoms with Crippen LogP contribution < -0.4 is 15.5 Å². The van der Waals surface area contributed by atoms with Gasteiger partial charge in [-0.3, -0.25) is 19.7 Å². The molecule has 0 spiro atoms. The molecule has 1 aliphatic rings. The van der Waals surface area contributed by atoms with Gasteiger partial charge in [-0.1, -0.05) is 18.2 Å². The van der Waals surface area contributed by atoms with Gasteiger partial charge in [-0.25, -0.2) is 0 Å². The lowest BCUT2D eigenvalue weighted by Crippen LogP contribution is -2.42. The fourth-order valence-corrected chi connectivity index (χ4v) is 2.96. The number of rotatable bonds is 4. The van der Waals surface area contributed by atoms with E-state index in [-0.39, 0.29) is 36.5 Å². The number of benzene rings is 2. The van der Waals surface area contributed by atoms with Crippen LogP contribution >= 0.6 is 0 Å². The van der Waals surface area contributed by atoms with E-state index in [4.69, 9.17) is 0 Å². The molecule has 0 radical (unpaired) electrons. The maximum absolute atomic E-state index is 12.8. The van der Waals surface area contributed by atoms with Crippen LogP contribution in [0.5, 0.6) is 0 Å². The highest BCUT2D eigenvalue weighted by Crippen LogP contribution is 2.31. The van der Waals surface area contributed by atoms with Crippen molar-refractivity contribution in [3.63, 3.8) is 0 Å². The molecule has 0 fully saturated rings. The van der Waals surface area contributed by atoms with Crippen LogP contribution in [0.25, 0.3) is 0 Å². The molecule has 2 aromatic rings. The summed E-state index contributed by atoms with van der Waals surface area (Å²) in [7, 11) is 0. The average molecular weight is 354 g/mol. The maximum Gasteiger partial charge on any atom is 0.271 e. The van der Waals surface area contributed by atoms with E-state index < -0.39 is 4.92 Å². The lowest BCUT2D eigenvalue weighted by Gasteiger charge is -2.28. The predicted octanol–water partition coefficient (Wildman–Crippen LogP) is 2.77. The lowest BCUT2D eigenvalue weighted by molar-refractivity contribution is -0.384. The molecule has 0 bridgehead atoms. The quantitative estimate of drug-likeness (QED) is 0.649. The fraction of sp³-hybridized carbons (Fsp3) is 0.222. The van der Waals surface area contributed by atoms with Crippen LogP contribution in [0.3, 0.4) is 0 Å². The number of fused-ring (bicyclic) bond motifs is 1. The van der Waals surface area contributed by atoms with Crippen molar-refractivity contribution in [3.05, 3.63) is 58.6 Å². The second-order valence-electron chi connectivity index (χ2n) is 6.04. The number of amides is 2. The highest BCUT2D eigenvalue weighted by Gasteiger charge is 2.29. The molecular formula is C18H18N4O4. The number of non-ortho nitro benzene ring substituents is 1. The van der Waals surface area contributed by atoms with Crippen LogP contribution in [-0.2, 0) is 9.59 Å². The summed E-state index contributed by atoms with van der Waals surface area (Å²) in [6, 6.07) is 12.8. The Labute approximate surface area is 150 Å². The van der Waals surface area contributed by atoms with E-state index in [0.717, 1.165) is 0 Å². The molecule has 0 aromatic heterocycles. The summed E-state index contributed by atoms with van der Waals surface area (Å²) in [4.78, 5) is 36.7. The van der Waals surface area contributed by atoms with Gasteiger partial charge in [0.1, 0.15) is 0 Å². The molecule has 0 aliphatic carbocycles. The first kappa shape index (κ1) is 17.4. The minimum atomic E-state index is -0.489. The van der Waals surface area contributed by atoms with Crippen molar-refractivity contribution in [2.24, 2.45) is 0 Å². The number of nitro groups is 1. The molecule has 3 rings (SSSR count).